The zero-order valence-corrected chi connectivity index (χ0v) is 35.3. The zero-order chi connectivity index (χ0) is 36.8. The number of benzene rings is 3. The number of nitrogens with zero attached hydrogens (tertiary/aromatic N) is 4. The van der Waals surface area contributed by atoms with E-state index in [1.807, 2.05) is 12.3 Å². The molecule has 0 bridgehead atoms. The van der Waals surface area contributed by atoms with Crippen LogP contribution in [0.15, 0.2) is 78.5 Å². The van der Waals surface area contributed by atoms with Crippen molar-refractivity contribution >= 4 is 21.8 Å². The Labute approximate surface area is 331 Å². The van der Waals surface area contributed by atoms with E-state index in [2.05, 4.69) is 151 Å². The SMILES string of the molecule is CC1=C[C@H](C)C[C@H](C)C1c1c(C)nn(-c2[c-]c(Oc3[c-]c4c(cc3)c3ccccc3n4-c3cc(C(C)C)ccn3)cc(C(C)C)c2)c1CCC(C)C.[Pt+2]. The Morgan fingerprint density at radius 1 is 0.849 bits per heavy atom. The summed E-state index contributed by atoms with van der Waals surface area (Å²) in [6.07, 6.45) is 7.65. The molecule has 5 nitrogen and oxygen atoms in total. The molecule has 3 atom stereocenters. The third-order valence-electron chi connectivity index (χ3n) is 11.0. The summed E-state index contributed by atoms with van der Waals surface area (Å²) in [5, 5.41) is 7.57. The van der Waals surface area contributed by atoms with Gasteiger partial charge >= 0.3 is 21.1 Å². The minimum absolute atomic E-state index is 0. The third-order valence-corrected chi connectivity index (χ3v) is 11.0. The number of ether oxygens (including phenoxy) is 1. The molecule has 0 aliphatic heterocycles. The predicted molar refractivity (Wildman–Crippen MR) is 215 cm³/mol. The van der Waals surface area contributed by atoms with Gasteiger partial charge in [0.15, 0.2) is 0 Å². The molecule has 3 heterocycles. The minimum atomic E-state index is 0. The molecule has 1 aliphatic carbocycles. The van der Waals surface area contributed by atoms with Gasteiger partial charge in [0, 0.05) is 40.4 Å². The number of aryl methyl sites for hydroxylation is 1. The molecule has 1 unspecified atom stereocenters. The van der Waals surface area contributed by atoms with Crippen molar-refractivity contribution in [2.24, 2.45) is 17.8 Å². The van der Waals surface area contributed by atoms with Gasteiger partial charge in [-0.1, -0.05) is 90.8 Å². The van der Waals surface area contributed by atoms with E-state index in [1.165, 1.54) is 39.8 Å². The van der Waals surface area contributed by atoms with Gasteiger partial charge in [-0.05, 0) is 97.5 Å². The zero-order valence-electron chi connectivity index (χ0n) is 33.0. The molecular weight excluding hydrogens is 832 g/mol. The van der Waals surface area contributed by atoms with Gasteiger partial charge in [0.2, 0.25) is 0 Å². The first-order chi connectivity index (χ1) is 24.9. The van der Waals surface area contributed by atoms with Crippen LogP contribution in [0.25, 0.3) is 33.3 Å². The van der Waals surface area contributed by atoms with Crippen LogP contribution in [0, 0.1) is 36.8 Å². The molecule has 7 rings (SSSR count). The van der Waals surface area contributed by atoms with E-state index >= 15 is 0 Å². The Balaban J connectivity index is 0.00000481. The fourth-order valence-corrected chi connectivity index (χ4v) is 8.42. The molecule has 1 aliphatic rings. The van der Waals surface area contributed by atoms with Crippen LogP contribution >= 0.6 is 0 Å². The molecule has 6 heteroatoms. The van der Waals surface area contributed by atoms with E-state index in [1.54, 1.807) is 0 Å². The summed E-state index contributed by atoms with van der Waals surface area (Å²) in [7, 11) is 0. The molecule has 0 saturated carbocycles. The quantitative estimate of drug-likeness (QED) is 0.102. The summed E-state index contributed by atoms with van der Waals surface area (Å²) < 4.78 is 11.1. The summed E-state index contributed by atoms with van der Waals surface area (Å²) >= 11 is 0. The second-order valence-corrected chi connectivity index (χ2v) is 16.3. The summed E-state index contributed by atoms with van der Waals surface area (Å²) in [5.74, 6) is 5.01. The largest absolute Gasteiger partial charge is 2.00 e. The maximum atomic E-state index is 6.73. The summed E-state index contributed by atoms with van der Waals surface area (Å²) in [6.45, 7) is 22.8. The first-order valence-corrected chi connectivity index (χ1v) is 19.3. The smallest absolute Gasteiger partial charge is 0.509 e. The molecule has 0 radical (unpaired) electrons. The van der Waals surface area contributed by atoms with Crippen molar-refractivity contribution in [2.45, 2.75) is 106 Å². The van der Waals surface area contributed by atoms with Crippen molar-refractivity contribution < 1.29 is 25.8 Å². The fraction of sp³-hybridized carbons (Fsp3) is 0.404. The van der Waals surface area contributed by atoms with Crippen LogP contribution < -0.4 is 4.74 Å². The Hall–Kier alpha value is -3.95. The van der Waals surface area contributed by atoms with Crippen LogP contribution in [0.4, 0.5) is 0 Å². The predicted octanol–water partition coefficient (Wildman–Crippen LogP) is 12.6. The first-order valence-electron chi connectivity index (χ1n) is 19.3. The van der Waals surface area contributed by atoms with Gasteiger partial charge in [0.05, 0.1) is 5.69 Å². The van der Waals surface area contributed by atoms with Gasteiger partial charge in [-0.25, -0.2) is 4.98 Å². The molecular formula is C47H54N4OPt. The summed E-state index contributed by atoms with van der Waals surface area (Å²) in [4.78, 5) is 4.83. The molecule has 6 aromatic rings. The first kappa shape index (κ1) is 38.8. The number of pyridine rings is 1. The van der Waals surface area contributed by atoms with Crippen LogP contribution in [-0.2, 0) is 27.5 Å². The molecule has 3 aromatic carbocycles. The Morgan fingerprint density at radius 2 is 1.60 bits per heavy atom. The Kier molecular flexibility index (Phi) is 11.6. The van der Waals surface area contributed by atoms with Crippen molar-refractivity contribution in [2.75, 3.05) is 0 Å². The van der Waals surface area contributed by atoms with Crippen molar-refractivity contribution in [1.29, 1.82) is 0 Å². The minimum Gasteiger partial charge on any atom is -0.509 e. The Bertz CT molecular complexity index is 2270. The van der Waals surface area contributed by atoms with E-state index in [0.29, 0.717) is 47.0 Å². The number of allylic oxidation sites excluding steroid dienone is 2. The number of aromatic nitrogens is 4. The second kappa shape index (κ2) is 15.8. The molecule has 278 valence electrons. The van der Waals surface area contributed by atoms with Crippen molar-refractivity contribution in [3.63, 3.8) is 0 Å². The molecule has 0 amide bonds. The maximum Gasteiger partial charge on any atom is 2.00 e. The monoisotopic (exact) mass is 885 g/mol. The van der Waals surface area contributed by atoms with Crippen molar-refractivity contribution in [3.8, 4) is 23.0 Å². The number of rotatable bonds is 10. The van der Waals surface area contributed by atoms with Crippen LogP contribution in [-0.4, -0.2) is 19.3 Å². The van der Waals surface area contributed by atoms with Crippen LogP contribution in [0.3, 0.4) is 0 Å². The maximum absolute atomic E-state index is 6.73. The van der Waals surface area contributed by atoms with Crippen LogP contribution in [0.5, 0.6) is 11.5 Å². The molecule has 0 saturated heterocycles. The summed E-state index contributed by atoms with van der Waals surface area (Å²) in [5.41, 5.74) is 10.7. The van der Waals surface area contributed by atoms with Gasteiger partial charge in [0.1, 0.15) is 5.82 Å². The van der Waals surface area contributed by atoms with E-state index in [9.17, 15) is 0 Å². The van der Waals surface area contributed by atoms with Crippen LogP contribution in [0.2, 0.25) is 0 Å². The molecule has 0 fully saturated rings. The molecule has 0 spiro atoms. The van der Waals surface area contributed by atoms with Crippen LogP contribution in [0.1, 0.15) is 121 Å². The average Bonchev–Trinajstić information content (AvgIpc) is 3.60. The van der Waals surface area contributed by atoms with Gasteiger partial charge < -0.3 is 9.30 Å². The van der Waals surface area contributed by atoms with Gasteiger partial charge in [0.25, 0.3) is 0 Å². The number of para-hydroxylation sites is 1. The second-order valence-electron chi connectivity index (χ2n) is 16.3. The van der Waals surface area contributed by atoms with Gasteiger partial charge in [-0.15, -0.1) is 41.3 Å². The average molecular weight is 886 g/mol. The third kappa shape index (κ3) is 7.70. The molecule has 53 heavy (non-hydrogen) atoms. The van der Waals surface area contributed by atoms with E-state index in [-0.39, 0.29) is 21.1 Å². The van der Waals surface area contributed by atoms with Crippen molar-refractivity contribution in [1.82, 2.24) is 19.3 Å². The normalized spacial score (nSPS) is 17.6. The Morgan fingerprint density at radius 3 is 2.32 bits per heavy atom. The topological polar surface area (TPSA) is 44.9 Å². The van der Waals surface area contributed by atoms with Crippen molar-refractivity contribution in [3.05, 3.63) is 119 Å². The number of fused-ring (bicyclic) bond motifs is 3. The number of hydrogen-bond acceptors (Lipinski definition) is 3. The van der Waals surface area contributed by atoms with Gasteiger partial charge in [-0.3, -0.25) is 4.68 Å². The molecule has 0 N–H and O–H groups in total. The van der Waals surface area contributed by atoms with E-state index in [0.717, 1.165) is 46.5 Å². The van der Waals surface area contributed by atoms with E-state index < -0.39 is 0 Å². The number of hydrogen-bond donors (Lipinski definition) is 0. The molecule has 3 aromatic heterocycles. The van der Waals surface area contributed by atoms with Gasteiger partial charge in [-0.2, -0.15) is 11.2 Å². The summed E-state index contributed by atoms with van der Waals surface area (Å²) in [6, 6.07) is 28.7. The van der Waals surface area contributed by atoms with E-state index in [4.69, 9.17) is 14.8 Å². The standard InChI is InChI=1S/C47H54N4O.Pt/c1-28(2)15-18-43-47(46-32(8)21-31(7)22-33(46)9)34(10)49-51(43)37-23-36(30(5)6)24-39(26-37)52-38-16-17-41-40-13-11-12-14-42(40)50(44(41)27-38)45-25-35(29(3)4)19-20-48-45;/h11-14,16-17,19-21,23-25,28-31,33,46H,15,18,22H2,1-10H3;/q-2;+2/t31-,33-,46?;/m0./s1. The fourth-order valence-electron chi connectivity index (χ4n) is 8.42.